The van der Waals surface area contributed by atoms with E-state index in [-0.39, 0.29) is 12.1 Å². The Morgan fingerprint density at radius 3 is 2.84 bits per heavy atom. The van der Waals surface area contributed by atoms with E-state index in [1.54, 1.807) is 0 Å². The van der Waals surface area contributed by atoms with Crippen molar-refractivity contribution < 1.29 is 9.47 Å². The maximum Gasteiger partial charge on any atom is 0.163 e. The molecular formula is C14H19BrClNO2. The normalized spacial score (nSPS) is 23.5. The van der Waals surface area contributed by atoms with Gasteiger partial charge in [0.1, 0.15) is 0 Å². The summed E-state index contributed by atoms with van der Waals surface area (Å²) in [6.07, 6.45) is 0.0895. The Morgan fingerprint density at radius 2 is 2.26 bits per heavy atom. The van der Waals surface area contributed by atoms with E-state index in [1.807, 2.05) is 32.0 Å². The van der Waals surface area contributed by atoms with Crippen LogP contribution in [0.1, 0.15) is 32.4 Å². The Bertz CT molecular complexity index is 453. The first kappa shape index (κ1) is 15.3. The first-order valence-corrected chi connectivity index (χ1v) is 7.54. The molecule has 0 spiro atoms. The molecule has 2 rings (SSSR count). The number of rotatable bonds is 4. The van der Waals surface area contributed by atoms with Gasteiger partial charge in [-0.3, -0.25) is 0 Å². The van der Waals surface area contributed by atoms with Crippen LogP contribution in [0, 0.1) is 0 Å². The summed E-state index contributed by atoms with van der Waals surface area (Å²) >= 11 is 9.65. The van der Waals surface area contributed by atoms with Crippen LogP contribution in [0.2, 0.25) is 5.02 Å². The third-order valence-electron chi connectivity index (χ3n) is 3.15. The van der Waals surface area contributed by atoms with Gasteiger partial charge in [-0.1, -0.05) is 33.6 Å². The maximum atomic E-state index is 6.24. The van der Waals surface area contributed by atoms with Gasteiger partial charge in [0.05, 0.1) is 12.7 Å². The number of hydrogen-bond donors (Lipinski definition) is 1. The fourth-order valence-corrected chi connectivity index (χ4v) is 2.97. The van der Waals surface area contributed by atoms with E-state index in [1.165, 1.54) is 0 Å². The van der Waals surface area contributed by atoms with Gasteiger partial charge < -0.3 is 14.8 Å². The predicted octanol–water partition coefficient (Wildman–Crippen LogP) is 3.90. The number of nitrogens with one attached hydrogen (secondary N) is 1. The third-order valence-corrected chi connectivity index (χ3v) is 3.97. The highest BCUT2D eigenvalue weighted by Crippen LogP contribution is 2.27. The Hall–Kier alpha value is -0.130. The van der Waals surface area contributed by atoms with Crippen LogP contribution in [0.3, 0.4) is 0 Å². The SMILES string of the molecule is CC(NCC1COC(C)(C)O1)c1ccc(Br)cc1Cl. The lowest BCUT2D eigenvalue weighted by Gasteiger charge is -2.20. The number of ether oxygens (including phenoxy) is 2. The Kier molecular flexibility index (Phi) is 4.90. The van der Waals surface area contributed by atoms with Gasteiger partial charge in [-0.15, -0.1) is 0 Å². The van der Waals surface area contributed by atoms with Crippen molar-refractivity contribution in [1.82, 2.24) is 5.32 Å². The van der Waals surface area contributed by atoms with Crippen molar-refractivity contribution in [3.8, 4) is 0 Å². The fraction of sp³-hybridized carbons (Fsp3) is 0.571. The maximum absolute atomic E-state index is 6.24. The molecule has 1 N–H and O–H groups in total. The molecule has 1 aliphatic heterocycles. The van der Waals surface area contributed by atoms with Crippen molar-refractivity contribution in [3.63, 3.8) is 0 Å². The lowest BCUT2D eigenvalue weighted by molar-refractivity contribution is -0.137. The summed E-state index contributed by atoms with van der Waals surface area (Å²) in [5.74, 6) is -0.467. The first-order chi connectivity index (χ1) is 8.87. The molecule has 1 saturated heterocycles. The first-order valence-electron chi connectivity index (χ1n) is 6.37. The zero-order chi connectivity index (χ0) is 14.0. The Labute approximate surface area is 127 Å². The quantitative estimate of drug-likeness (QED) is 0.895. The lowest BCUT2D eigenvalue weighted by atomic mass is 10.1. The topological polar surface area (TPSA) is 30.5 Å². The number of benzene rings is 1. The molecule has 1 fully saturated rings. The van der Waals surface area contributed by atoms with Crippen molar-refractivity contribution in [2.45, 2.75) is 38.7 Å². The summed E-state index contributed by atoms with van der Waals surface area (Å²) < 4.78 is 12.3. The van der Waals surface area contributed by atoms with Gasteiger partial charge in [0.2, 0.25) is 0 Å². The van der Waals surface area contributed by atoms with Crippen molar-refractivity contribution in [2.24, 2.45) is 0 Å². The molecule has 5 heteroatoms. The average Bonchev–Trinajstić information content (AvgIpc) is 2.66. The van der Waals surface area contributed by atoms with Gasteiger partial charge in [-0.25, -0.2) is 0 Å². The summed E-state index contributed by atoms with van der Waals surface area (Å²) in [5, 5.41) is 4.20. The molecule has 1 aromatic rings. The van der Waals surface area contributed by atoms with Gasteiger partial charge in [-0.05, 0) is 38.5 Å². The summed E-state index contributed by atoms with van der Waals surface area (Å²) in [4.78, 5) is 0. The van der Waals surface area contributed by atoms with Crippen LogP contribution < -0.4 is 5.32 Å². The molecule has 1 heterocycles. The molecule has 0 bridgehead atoms. The van der Waals surface area contributed by atoms with Gasteiger partial charge in [0.25, 0.3) is 0 Å². The molecule has 106 valence electrons. The smallest absolute Gasteiger partial charge is 0.163 e. The van der Waals surface area contributed by atoms with E-state index in [0.29, 0.717) is 6.61 Å². The average molecular weight is 349 g/mol. The summed E-state index contributed by atoms with van der Waals surface area (Å²) in [6, 6.07) is 6.11. The standard InChI is InChI=1S/C14H19BrClNO2/c1-9(12-5-4-10(15)6-13(12)16)17-7-11-8-18-14(2,3)19-11/h4-6,9,11,17H,7-8H2,1-3H3. The van der Waals surface area contributed by atoms with Gasteiger partial charge in [-0.2, -0.15) is 0 Å². The minimum Gasteiger partial charge on any atom is -0.348 e. The van der Waals surface area contributed by atoms with Crippen molar-refractivity contribution in [1.29, 1.82) is 0 Å². The van der Waals surface area contributed by atoms with Crippen LogP contribution in [0.15, 0.2) is 22.7 Å². The molecule has 1 aromatic carbocycles. The van der Waals surface area contributed by atoms with Crippen molar-refractivity contribution in [3.05, 3.63) is 33.3 Å². The second-order valence-corrected chi connectivity index (χ2v) is 6.57. The van der Waals surface area contributed by atoms with E-state index >= 15 is 0 Å². The molecule has 3 nitrogen and oxygen atoms in total. The minimum atomic E-state index is -0.467. The number of hydrogen-bond acceptors (Lipinski definition) is 3. The molecule has 2 atom stereocenters. The molecule has 0 aromatic heterocycles. The van der Waals surface area contributed by atoms with Crippen LogP contribution in [0.5, 0.6) is 0 Å². The zero-order valence-corrected chi connectivity index (χ0v) is 13.7. The van der Waals surface area contributed by atoms with E-state index in [4.69, 9.17) is 21.1 Å². The largest absolute Gasteiger partial charge is 0.348 e. The van der Waals surface area contributed by atoms with Crippen molar-refractivity contribution >= 4 is 27.5 Å². The monoisotopic (exact) mass is 347 g/mol. The van der Waals surface area contributed by atoms with Crippen LogP contribution in [-0.4, -0.2) is 25.0 Å². The Balaban J connectivity index is 1.89. The van der Waals surface area contributed by atoms with E-state index < -0.39 is 5.79 Å². The van der Waals surface area contributed by atoms with Crippen LogP contribution in [0.4, 0.5) is 0 Å². The fourth-order valence-electron chi connectivity index (χ4n) is 2.13. The molecule has 1 aliphatic rings. The summed E-state index contributed by atoms with van der Waals surface area (Å²) in [7, 11) is 0. The van der Waals surface area contributed by atoms with Gasteiger partial charge in [0.15, 0.2) is 5.79 Å². The van der Waals surface area contributed by atoms with Gasteiger partial charge in [0, 0.05) is 22.1 Å². The van der Waals surface area contributed by atoms with E-state index in [9.17, 15) is 0 Å². The number of halogens is 2. The van der Waals surface area contributed by atoms with Crippen molar-refractivity contribution in [2.75, 3.05) is 13.2 Å². The van der Waals surface area contributed by atoms with Crippen LogP contribution in [0.25, 0.3) is 0 Å². The van der Waals surface area contributed by atoms with Crippen LogP contribution >= 0.6 is 27.5 Å². The second kappa shape index (κ2) is 6.10. The summed E-state index contributed by atoms with van der Waals surface area (Å²) in [5.41, 5.74) is 1.09. The molecule has 0 saturated carbocycles. The van der Waals surface area contributed by atoms with E-state index in [2.05, 4.69) is 28.2 Å². The molecule has 0 aliphatic carbocycles. The summed E-state index contributed by atoms with van der Waals surface area (Å²) in [6.45, 7) is 7.33. The predicted molar refractivity (Wildman–Crippen MR) is 80.5 cm³/mol. The lowest BCUT2D eigenvalue weighted by Crippen LogP contribution is -2.32. The molecule has 2 unspecified atom stereocenters. The zero-order valence-electron chi connectivity index (χ0n) is 11.4. The third kappa shape index (κ3) is 4.17. The molecular weight excluding hydrogens is 330 g/mol. The van der Waals surface area contributed by atoms with E-state index in [0.717, 1.165) is 21.6 Å². The molecule has 0 amide bonds. The van der Waals surface area contributed by atoms with Crippen LogP contribution in [-0.2, 0) is 9.47 Å². The minimum absolute atomic E-state index is 0.0895. The molecule has 19 heavy (non-hydrogen) atoms. The highest BCUT2D eigenvalue weighted by molar-refractivity contribution is 9.10. The Morgan fingerprint density at radius 1 is 1.53 bits per heavy atom. The molecule has 0 radical (unpaired) electrons. The second-order valence-electron chi connectivity index (χ2n) is 5.25. The highest BCUT2D eigenvalue weighted by atomic mass is 79.9. The highest BCUT2D eigenvalue weighted by Gasteiger charge is 2.32. The van der Waals surface area contributed by atoms with Gasteiger partial charge >= 0.3 is 0 Å².